The Bertz CT molecular complexity index is 1160. The quantitative estimate of drug-likeness (QED) is 0.390. The number of anilines is 1. The highest BCUT2D eigenvalue weighted by atomic mass is 32.2. The molecule has 0 saturated carbocycles. The van der Waals surface area contributed by atoms with Crippen LogP contribution in [-0.4, -0.2) is 36.6 Å². The van der Waals surface area contributed by atoms with Crippen molar-refractivity contribution < 1.29 is 4.79 Å². The van der Waals surface area contributed by atoms with Crippen molar-refractivity contribution in [2.45, 2.75) is 25.4 Å². The number of nitrogens with zero attached hydrogens (tertiary/aromatic N) is 5. The van der Waals surface area contributed by atoms with Crippen LogP contribution in [-0.2, 0) is 11.3 Å². The third-order valence-corrected chi connectivity index (χ3v) is 5.46. The minimum Gasteiger partial charge on any atom is -0.325 e. The topological polar surface area (TPSA) is 85.6 Å². The fourth-order valence-corrected chi connectivity index (χ4v) is 3.61. The Balaban J connectivity index is 1.47. The summed E-state index contributed by atoms with van der Waals surface area (Å²) in [5.74, 6) is 0.133. The van der Waals surface area contributed by atoms with Crippen LogP contribution in [0.1, 0.15) is 16.7 Å². The number of benzene rings is 2. The molecule has 0 fully saturated rings. The van der Waals surface area contributed by atoms with Gasteiger partial charge < -0.3 is 5.32 Å². The van der Waals surface area contributed by atoms with Gasteiger partial charge in [0.05, 0.1) is 12.3 Å². The zero-order valence-corrected chi connectivity index (χ0v) is 17.0. The van der Waals surface area contributed by atoms with Crippen LogP contribution >= 0.6 is 11.8 Å². The summed E-state index contributed by atoms with van der Waals surface area (Å²) in [5, 5.41) is 12.0. The molecular weight excluding hydrogens is 384 g/mol. The Morgan fingerprint density at radius 2 is 1.86 bits per heavy atom. The maximum Gasteiger partial charge on any atom is 0.234 e. The van der Waals surface area contributed by atoms with Gasteiger partial charge in [-0.2, -0.15) is 0 Å². The zero-order chi connectivity index (χ0) is 20.2. The van der Waals surface area contributed by atoms with E-state index >= 15 is 0 Å². The molecule has 8 heteroatoms. The lowest BCUT2D eigenvalue weighted by Crippen LogP contribution is -2.14. The summed E-state index contributed by atoms with van der Waals surface area (Å²) in [5.41, 5.74) is 5.43. The average molecular weight is 404 g/mol. The van der Waals surface area contributed by atoms with Crippen molar-refractivity contribution >= 4 is 34.5 Å². The molecule has 4 aromatic rings. The minimum atomic E-state index is -0.0943. The highest BCUT2D eigenvalue weighted by molar-refractivity contribution is 8.00. The van der Waals surface area contributed by atoms with Crippen molar-refractivity contribution in [1.82, 2.24) is 25.0 Å². The van der Waals surface area contributed by atoms with Crippen LogP contribution in [0.15, 0.2) is 59.9 Å². The first-order valence-corrected chi connectivity index (χ1v) is 10.2. The van der Waals surface area contributed by atoms with Gasteiger partial charge in [0, 0.05) is 5.69 Å². The summed E-state index contributed by atoms with van der Waals surface area (Å²) < 4.78 is 1.75. The van der Waals surface area contributed by atoms with E-state index in [1.165, 1.54) is 23.7 Å². The van der Waals surface area contributed by atoms with E-state index in [2.05, 4.69) is 56.8 Å². The summed E-state index contributed by atoms with van der Waals surface area (Å²) in [6, 6.07) is 16.0. The Hall–Kier alpha value is -3.26. The van der Waals surface area contributed by atoms with E-state index in [1.807, 2.05) is 31.2 Å². The van der Waals surface area contributed by atoms with Crippen LogP contribution < -0.4 is 5.32 Å². The molecule has 1 amide bonds. The SMILES string of the molecule is Cc1ccc(Cn2nnc3c(SCC(=O)Nc4ccccc4C)ncnc32)cc1. The minimum absolute atomic E-state index is 0.0943. The predicted octanol–water partition coefficient (Wildman–Crippen LogP) is 3.62. The van der Waals surface area contributed by atoms with Gasteiger partial charge in [-0.1, -0.05) is 65.0 Å². The van der Waals surface area contributed by atoms with Crippen molar-refractivity contribution in [3.05, 3.63) is 71.5 Å². The van der Waals surface area contributed by atoms with Crippen molar-refractivity contribution in [2.75, 3.05) is 11.1 Å². The van der Waals surface area contributed by atoms with Crippen LogP contribution in [0.4, 0.5) is 5.69 Å². The first-order valence-electron chi connectivity index (χ1n) is 9.18. The van der Waals surface area contributed by atoms with Crippen LogP contribution in [0, 0.1) is 13.8 Å². The summed E-state index contributed by atoms with van der Waals surface area (Å²) >= 11 is 1.33. The third-order valence-electron chi connectivity index (χ3n) is 4.48. The van der Waals surface area contributed by atoms with E-state index in [0.29, 0.717) is 22.7 Å². The first kappa shape index (κ1) is 19.1. The smallest absolute Gasteiger partial charge is 0.234 e. The molecule has 0 aliphatic carbocycles. The number of nitrogens with one attached hydrogen (secondary N) is 1. The molecule has 2 heterocycles. The monoisotopic (exact) mass is 404 g/mol. The van der Waals surface area contributed by atoms with Crippen molar-refractivity contribution in [1.29, 1.82) is 0 Å². The second-order valence-corrected chi connectivity index (χ2v) is 7.70. The Morgan fingerprint density at radius 1 is 1.07 bits per heavy atom. The molecule has 0 atom stereocenters. The fraction of sp³-hybridized carbons (Fsp3) is 0.190. The molecule has 0 radical (unpaired) electrons. The number of fused-ring (bicyclic) bond motifs is 1. The van der Waals surface area contributed by atoms with E-state index in [1.54, 1.807) is 4.68 Å². The highest BCUT2D eigenvalue weighted by Crippen LogP contribution is 2.23. The van der Waals surface area contributed by atoms with Gasteiger partial charge in [0.1, 0.15) is 11.4 Å². The molecule has 146 valence electrons. The number of aryl methyl sites for hydroxylation is 2. The molecule has 2 aromatic carbocycles. The van der Waals surface area contributed by atoms with E-state index in [-0.39, 0.29) is 11.7 Å². The summed E-state index contributed by atoms with van der Waals surface area (Å²) in [7, 11) is 0. The number of amides is 1. The van der Waals surface area contributed by atoms with Gasteiger partial charge in [-0.3, -0.25) is 4.79 Å². The van der Waals surface area contributed by atoms with Gasteiger partial charge in [0.15, 0.2) is 11.2 Å². The highest BCUT2D eigenvalue weighted by Gasteiger charge is 2.14. The van der Waals surface area contributed by atoms with E-state index in [9.17, 15) is 4.79 Å². The molecular formula is C21H20N6OS. The van der Waals surface area contributed by atoms with E-state index in [0.717, 1.165) is 16.8 Å². The number of carbonyl (C=O) groups excluding carboxylic acids is 1. The van der Waals surface area contributed by atoms with Crippen molar-refractivity contribution in [3.8, 4) is 0 Å². The zero-order valence-electron chi connectivity index (χ0n) is 16.2. The summed E-state index contributed by atoms with van der Waals surface area (Å²) in [6.07, 6.45) is 1.49. The summed E-state index contributed by atoms with van der Waals surface area (Å²) in [4.78, 5) is 21.0. The molecule has 0 unspecified atom stereocenters. The van der Waals surface area contributed by atoms with Crippen molar-refractivity contribution in [2.24, 2.45) is 0 Å². The molecule has 0 saturated heterocycles. The standard InChI is InChI=1S/C21H20N6OS/c1-14-7-9-16(10-8-14)11-27-20-19(25-26-27)21(23-13-22-20)29-12-18(28)24-17-6-4-3-5-15(17)2/h3-10,13H,11-12H2,1-2H3,(H,24,28). The lowest BCUT2D eigenvalue weighted by Gasteiger charge is -2.07. The number of hydrogen-bond acceptors (Lipinski definition) is 6. The van der Waals surface area contributed by atoms with Gasteiger partial charge in [0.2, 0.25) is 5.91 Å². The molecule has 1 N–H and O–H groups in total. The molecule has 4 rings (SSSR count). The Morgan fingerprint density at radius 3 is 2.66 bits per heavy atom. The molecule has 2 aromatic heterocycles. The van der Waals surface area contributed by atoms with Gasteiger partial charge in [-0.15, -0.1) is 5.10 Å². The number of carbonyl (C=O) groups is 1. The van der Waals surface area contributed by atoms with Crippen molar-refractivity contribution in [3.63, 3.8) is 0 Å². The van der Waals surface area contributed by atoms with Crippen LogP contribution in [0.2, 0.25) is 0 Å². The first-order chi connectivity index (χ1) is 14.1. The number of rotatable bonds is 6. The van der Waals surface area contributed by atoms with Crippen LogP contribution in [0.5, 0.6) is 0 Å². The maximum atomic E-state index is 12.3. The van der Waals surface area contributed by atoms with Gasteiger partial charge >= 0.3 is 0 Å². The van der Waals surface area contributed by atoms with Gasteiger partial charge in [0.25, 0.3) is 0 Å². The number of thioether (sulfide) groups is 1. The Kier molecular flexibility index (Phi) is 5.53. The molecule has 29 heavy (non-hydrogen) atoms. The summed E-state index contributed by atoms with van der Waals surface area (Å²) in [6.45, 7) is 4.59. The normalized spacial score (nSPS) is 11.0. The predicted molar refractivity (Wildman–Crippen MR) is 114 cm³/mol. The number of hydrogen-bond donors (Lipinski definition) is 1. The van der Waals surface area contributed by atoms with E-state index < -0.39 is 0 Å². The Labute approximate surface area is 172 Å². The van der Waals surface area contributed by atoms with E-state index in [4.69, 9.17) is 0 Å². The molecule has 0 aliphatic rings. The number of aromatic nitrogens is 5. The second-order valence-electron chi connectivity index (χ2n) is 6.74. The fourth-order valence-electron chi connectivity index (χ4n) is 2.88. The molecule has 0 bridgehead atoms. The van der Waals surface area contributed by atoms with Crippen LogP contribution in [0.25, 0.3) is 11.2 Å². The second kappa shape index (κ2) is 8.40. The van der Waals surface area contributed by atoms with Gasteiger partial charge in [-0.25, -0.2) is 14.6 Å². The lowest BCUT2D eigenvalue weighted by molar-refractivity contribution is -0.113. The maximum absolute atomic E-state index is 12.3. The van der Waals surface area contributed by atoms with Crippen LogP contribution in [0.3, 0.4) is 0 Å². The van der Waals surface area contributed by atoms with Gasteiger partial charge in [-0.05, 0) is 31.0 Å². The average Bonchev–Trinajstić information content (AvgIpc) is 3.13. The lowest BCUT2D eigenvalue weighted by atomic mass is 10.1. The third kappa shape index (κ3) is 4.43. The molecule has 0 spiro atoms. The molecule has 0 aliphatic heterocycles. The largest absolute Gasteiger partial charge is 0.325 e. The molecule has 7 nitrogen and oxygen atoms in total. The number of para-hydroxylation sites is 1.